The lowest BCUT2D eigenvalue weighted by Crippen LogP contribution is -2.58. The third-order valence-corrected chi connectivity index (χ3v) is 13.2. The molecule has 0 spiro atoms. The lowest BCUT2D eigenvalue weighted by Gasteiger charge is -2.35. The average molecular weight is 981 g/mol. The third-order valence-electron chi connectivity index (χ3n) is 12.9. The van der Waals surface area contributed by atoms with E-state index in [0.29, 0.717) is 22.8 Å². The Kier molecular flexibility index (Phi) is 20.4. The molecule has 2 aliphatic rings. The number of Topliss-reactive ketones (excluding diaryl/α,β-unsaturated/α-hetero) is 1. The van der Waals surface area contributed by atoms with Gasteiger partial charge in [-0.15, -0.1) is 0 Å². The van der Waals surface area contributed by atoms with Crippen LogP contribution in [0.15, 0.2) is 54.6 Å². The molecule has 0 aromatic heterocycles. The van der Waals surface area contributed by atoms with Gasteiger partial charge in [0, 0.05) is 50.1 Å². The molecule has 2 aromatic rings. The van der Waals surface area contributed by atoms with Crippen molar-refractivity contribution in [2.75, 3.05) is 13.7 Å². The van der Waals surface area contributed by atoms with Crippen LogP contribution in [0, 0.1) is 28.6 Å². The molecule has 2 aromatic carbocycles. The van der Waals surface area contributed by atoms with Gasteiger partial charge in [-0.1, -0.05) is 96.5 Å². The number of halogens is 1. The smallest absolute Gasteiger partial charge is 0.328 e. The van der Waals surface area contributed by atoms with E-state index in [2.05, 4.69) is 21.3 Å². The number of hydrogen-bond acceptors (Lipinski definition) is 12. The van der Waals surface area contributed by atoms with Crippen LogP contribution in [0.3, 0.4) is 0 Å². The molecule has 0 unspecified atom stereocenters. The van der Waals surface area contributed by atoms with E-state index < -0.39 is 76.7 Å². The number of carbonyl (C=O) groups is 7. The molecule has 16 nitrogen and oxygen atoms in total. The second kappa shape index (κ2) is 25.0. The molecule has 1 saturated heterocycles. The average Bonchev–Trinajstić information content (AvgIpc) is 4.09. The number of nitrogens with one attached hydrogen (secondary N) is 4. The highest BCUT2D eigenvalue weighted by Gasteiger charge is 2.48. The van der Waals surface area contributed by atoms with Crippen LogP contribution >= 0.6 is 11.6 Å². The van der Waals surface area contributed by atoms with E-state index >= 15 is 0 Å². The normalized spacial score (nSPS) is 24.1. The molecule has 69 heavy (non-hydrogen) atoms. The number of epoxide rings is 1. The first-order valence-corrected chi connectivity index (χ1v) is 24.3. The van der Waals surface area contributed by atoms with Crippen molar-refractivity contribution in [1.29, 1.82) is 0 Å². The van der Waals surface area contributed by atoms with E-state index in [0.717, 1.165) is 11.1 Å². The molecule has 1 fully saturated rings. The van der Waals surface area contributed by atoms with E-state index in [1.807, 2.05) is 65.8 Å². The minimum absolute atomic E-state index is 0.0122. The largest absolute Gasteiger partial charge is 0.495 e. The molecule has 2 aliphatic heterocycles. The van der Waals surface area contributed by atoms with Crippen LogP contribution in [0.2, 0.25) is 5.02 Å². The fraction of sp³-hybridized carbons (Fsp3) is 0.596. The Balaban J connectivity index is 1.42. The van der Waals surface area contributed by atoms with Gasteiger partial charge in [-0.05, 0) is 79.8 Å². The van der Waals surface area contributed by atoms with Crippen molar-refractivity contribution >= 4 is 53.0 Å². The highest BCUT2D eigenvalue weighted by atomic mass is 35.5. The van der Waals surface area contributed by atoms with Gasteiger partial charge in [0.2, 0.25) is 23.6 Å². The Morgan fingerprint density at radius 2 is 1.62 bits per heavy atom. The van der Waals surface area contributed by atoms with Crippen LogP contribution in [0.4, 0.5) is 0 Å². The summed E-state index contributed by atoms with van der Waals surface area (Å²) in [5.41, 5.74) is 6.62. The molecule has 17 heteroatoms. The summed E-state index contributed by atoms with van der Waals surface area (Å²) in [6, 6.07) is 9.15. The number of esters is 2. The van der Waals surface area contributed by atoms with Crippen LogP contribution < -0.4 is 31.7 Å². The highest BCUT2D eigenvalue weighted by Crippen LogP contribution is 2.45. The van der Waals surface area contributed by atoms with Gasteiger partial charge in [-0.25, -0.2) is 4.79 Å². The summed E-state index contributed by atoms with van der Waals surface area (Å²) in [4.78, 5) is 92.8. The van der Waals surface area contributed by atoms with Crippen LogP contribution in [0.25, 0.3) is 0 Å². The van der Waals surface area contributed by atoms with Crippen molar-refractivity contribution in [2.24, 2.45) is 34.3 Å². The number of ether oxygens (including phenoxy) is 4. The first kappa shape index (κ1) is 56.3. The first-order valence-electron chi connectivity index (χ1n) is 23.9. The number of rotatable bonds is 18. The lowest BCUT2D eigenvalue weighted by molar-refractivity contribution is -0.157. The molecule has 6 N–H and O–H groups in total. The summed E-state index contributed by atoms with van der Waals surface area (Å²) in [7, 11) is 1.50. The number of benzene rings is 2. The zero-order valence-electron chi connectivity index (χ0n) is 42.1. The predicted octanol–water partition coefficient (Wildman–Crippen LogP) is 5.99. The van der Waals surface area contributed by atoms with Crippen LogP contribution in [-0.4, -0.2) is 91.4 Å². The minimum atomic E-state index is -1.20. The molecular formula is C52H74ClN5O11. The molecular weight excluding hydrogens is 906 g/mol. The van der Waals surface area contributed by atoms with Crippen molar-refractivity contribution in [3.63, 3.8) is 0 Å². The Bertz CT molecular complexity index is 2170. The molecule has 9 atom stereocenters. The molecule has 4 amide bonds. The van der Waals surface area contributed by atoms with Gasteiger partial charge in [0.05, 0.1) is 29.7 Å². The summed E-state index contributed by atoms with van der Waals surface area (Å²) in [6.45, 7) is 18.5. The van der Waals surface area contributed by atoms with Gasteiger partial charge in [-0.2, -0.15) is 0 Å². The van der Waals surface area contributed by atoms with Crippen LogP contribution in [-0.2, 0) is 60.8 Å². The number of ketones is 1. The van der Waals surface area contributed by atoms with Gasteiger partial charge < -0.3 is 45.9 Å². The maximum atomic E-state index is 14.1. The fourth-order valence-corrected chi connectivity index (χ4v) is 8.10. The lowest BCUT2D eigenvalue weighted by atomic mass is 9.82. The number of amides is 4. The van der Waals surface area contributed by atoms with E-state index in [9.17, 15) is 33.6 Å². The van der Waals surface area contributed by atoms with Crippen molar-refractivity contribution in [3.05, 3.63) is 76.3 Å². The van der Waals surface area contributed by atoms with Crippen molar-refractivity contribution in [1.82, 2.24) is 21.3 Å². The summed E-state index contributed by atoms with van der Waals surface area (Å²) in [6.07, 6.45) is 2.46. The summed E-state index contributed by atoms with van der Waals surface area (Å²) in [5, 5.41) is 11.8. The molecule has 380 valence electrons. The Labute approximate surface area is 412 Å². The van der Waals surface area contributed by atoms with Crippen molar-refractivity contribution in [2.45, 2.75) is 157 Å². The summed E-state index contributed by atoms with van der Waals surface area (Å²) < 4.78 is 23.2. The van der Waals surface area contributed by atoms with E-state index in [4.69, 9.17) is 36.3 Å². The number of cyclic esters (lactones) is 1. The SMILES string of the molecule is COc1ccc(C[C@H]2NC(=O)/C=C/C[C@@H]([C@H](C)[C@H]3O[C@@H]3c3ccc(COC(=O)CCCNC(=O)[C@H](C)CC(=O)[C@@H](N)C(C)C)cc3)OC(=O)[C@H](CC(C)(C)C)NC(=O)C(C)(C)[C@H](C)NC2=O)cc1Cl. The Morgan fingerprint density at radius 3 is 2.25 bits per heavy atom. The quantitative estimate of drug-likeness (QED) is 0.0658. The molecule has 0 aliphatic carbocycles. The van der Waals surface area contributed by atoms with E-state index in [1.54, 1.807) is 52.0 Å². The second-order valence-electron chi connectivity index (χ2n) is 20.6. The molecule has 2 heterocycles. The minimum Gasteiger partial charge on any atom is -0.495 e. The first-order chi connectivity index (χ1) is 32.3. The molecule has 0 saturated carbocycles. The van der Waals surface area contributed by atoms with Crippen LogP contribution in [0.5, 0.6) is 5.75 Å². The molecule has 0 radical (unpaired) electrons. The summed E-state index contributed by atoms with van der Waals surface area (Å²) in [5.74, 6) is -3.44. The summed E-state index contributed by atoms with van der Waals surface area (Å²) >= 11 is 6.40. The number of methoxy groups -OCH3 is 1. The van der Waals surface area contributed by atoms with Crippen molar-refractivity contribution < 1.29 is 52.5 Å². The maximum absolute atomic E-state index is 14.1. The van der Waals surface area contributed by atoms with Gasteiger partial charge in [0.15, 0.2) is 5.78 Å². The predicted molar refractivity (Wildman–Crippen MR) is 262 cm³/mol. The molecule has 4 rings (SSSR count). The number of carbonyl (C=O) groups excluding carboxylic acids is 7. The third kappa shape index (κ3) is 17.0. The monoisotopic (exact) mass is 980 g/mol. The molecule has 0 bridgehead atoms. The number of hydrogen-bond donors (Lipinski definition) is 5. The fourth-order valence-electron chi connectivity index (χ4n) is 7.82. The maximum Gasteiger partial charge on any atom is 0.328 e. The van der Waals surface area contributed by atoms with E-state index in [1.165, 1.54) is 13.2 Å². The van der Waals surface area contributed by atoms with Gasteiger partial charge >= 0.3 is 11.9 Å². The van der Waals surface area contributed by atoms with Gasteiger partial charge in [0.25, 0.3) is 0 Å². The van der Waals surface area contributed by atoms with Crippen molar-refractivity contribution in [3.8, 4) is 5.75 Å². The second-order valence-corrected chi connectivity index (χ2v) is 21.0. The highest BCUT2D eigenvalue weighted by molar-refractivity contribution is 6.32. The van der Waals surface area contributed by atoms with Crippen LogP contribution in [0.1, 0.15) is 124 Å². The zero-order valence-corrected chi connectivity index (χ0v) is 42.8. The van der Waals surface area contributed by atoms with Gasteiger partial charge in [0.1, 0.15) is 36.6 Å². The number of nitrogens with two attached hydrogens (primary N) is 1. The van der Waals surface area contributed by atoms with Gasteiger partial charge in [-0.3, -0.25) is 28.8 Å². The Morgan fingerprint density at radius 1 is 0.957 bits per heavy atom. The topological polar surface area (TPSA) is 234 Å². The van der Waals surface area contributed by atoms with E-state index in [-0.39, 0.29) is 81.0 Å². The zero-order chi connectivity index (χ0) is 51.4. The standard InChI is InChI=1S/C52H74ClN5O11/c1-29(2)44(54)39(59)24-30(3)47(62)55-23-13-16-43(61)67-28-33-17-20-35(21-18-33)46-45(69-46)31(4)40-14-12-15-42(60)57-37(26-34-19-22-41(66-11)36(53)25-34)48(63)56-32(5)52(9,10)50(65)58-38(49(64)68-40)27-51(6,7)8/h12,15,17-22,25,29-32,37-38,40,44-46H,13-14,16,23-24,26-28,54H2,1-11H3,(H,55,62)(H,56,63)(H,57,60)(H,58,65)/b15-12+/t30-,31+,32+,37-,38+,40+,44+,45-,46-/m1/s1. The Hall–Kier alpha value is -5.32.